The van der Waals surface area contributed by atoms with Crippen LogP contribution in [0.15, 0.2) is 15.1 Å². The molecule has 2 fully saturated rings. The highest BCUT2D eigenvalue weighted by molar-refractivity contribution is 5.76. The molecule has 2 aromatic heterocycles. The molecule has 2 aliphatic rings. The summed E-state index contributed by atoms with van der Waals surface area (Å²) in [5.74, 6) is 2.49. The zero-order valence-electron chi connectivity index (χ0n) is 14.5. The van der Waals surface area contributed by atoms with Crippen LogP contribution in [0.25, 0.3) is 0 Å². The first-order valence-electron chi connectivity index (χ1n) is 8.77. The molecule has 1 saturated heterocycles. The molecule has 0 bridgehead atoms. The fraction of sp³-hybridized carbons (Fsp3) is 0.647. The van der Waals surface area contributed by atoms with Gasteiger partial charge in [-0.2, -0.15) is 4.98 Å². The second kappa shape index (κ2) is 6.59. The van der Waals surface area contributed by atoms with E-state index in [4.69, 9.17) is 13.8 Å². The highest BCUT2D eigenvalue weighted by Crippen LogP contribution is 2.39. The fourth-order valence-electron chi connectivity index (χ4n) is 3.11. The minimum absolute atomic E-state index is 0.0720. The van der Waals surface area contributed by atoms with Crippen LogP contribution in [0.4, 0.5) is 0 Å². The Balaban J connectivity index is 1.38. The van der Waals surface area contributed by atoms with Gasteiger partial charge in [0.2, 0.25) is 5.91 Å². The number of carbonyl (C=O) groups excluding carboxylic acids is 1. The number of nitrogens with zero attached hydrogens (tertiary/aromatic N) is 4. The topological polar surface area (TPSA) is 94.5 Å². The summed E-state index contributed by atoms with van der Waals surface area (Å²) in [6.07, 6.45) is 2.76. The van der Waals surface area contributed by atoms with E-state index in [0.29, 0.717) is 37.7 Å². The zero-order valence-corrected chi connectivity index (χ0v) is 14.5. The van der Waals surface area contributed by atoms with Crippen molar-refractivity contribution >= 4 is 5.91 Å². The molecule has 0 spiro atoms. The number of hydrogen-bond acceptors (Lipinski definition) is 7. The van der Waals surface area contributed by atoms with Crippen LogP contribution in [0, 0.1) is 6.92 Å². The average Bonchev–Trinajstić information content (AvgIpc) is 3.17. The molecule has 0 unspecified atom stereocenters. The van der Waals surface area contributed by atoms with Crippen molar-refractivity contribution in [2.45, 2.75) is 57.7 Å². The lowest BCUT2D eigenvalue weighted by atomic mass is 10.1. The second-order valence-corrected chi connectivity index (χ2v) is 6.93. The Hall–Kier alpha value is -2.22. The van der Waals surface area contributed by atoms with E-state index >= 15 is 0 Å². The summed E-state index contributed by atoms with van der Waals surface area (Å²) in [5.41, 5.74) is 0.801. The van der Waals surface area contributed by atoms with Crippen molar-refractivity contribution < 1.29 is 18.6 Å². The standard InChI is InChI=1S/C17H22N4O4/c1-10-7-13(19-24-10)5-6-15(22)21-8-11(2)23-14(9-21)17-18-16(20-25-17)12-3-4-12/h7,11-12,14H,3-6,8-9H2,1-2H3/t11-,14-/m1/s1. The Morgan fingerprint density at radius 1 is 1.28 bits per heavy atom. The van der Waals surface area contributed by atoms with Crippen LogP contribution < -0.4 is 0 Å². The van der Waals surface area contributed by atoms with Gasteiger partial charge in [0.25, 0.3) is 5.89 Å². The summed E-state index contributed by atoms with van der Waals surface area (Å²) in [6.45, 7) is 4.79. The van der Waals surface area contributed by atoms with Gasteiger partial charge in [-0.1, -0.05) is 10.3 Å². The maximum Gasteiger partial charge on any atom is 0.257 e. The van der Waals surface area contributed by atoms with Crippen molar-refractivity contribution in [3.05, 3.63) is 29.2 Å². The molecule has 3 heterocycles. The Bertz CT molecular complexity index is 751. The number of aryl methyl sites for hydroxylation is 2. The molecule has 1 aliphatic heterocycles. The van der Waals surface area contributed by atoms with Crippen molar-refractivity contribution in [3.8, 4) is 0 Å². The molecule has 134 valence electrons. The summed E-state index contributed by atoms with van der Waals surface area (Å²) in [4.78, 5) is 18.8. The maximum atomic E-state index is 12.6. The number of amides is 1. The lowest BCUT2D eigenvalue weighted by molar-refractivity contribution is -0.146. The molecule has 1 aliphatic carbocycles. The largest absolute Gasteiger partial charge is 0.362 e. The van der Waals surface area contributed by atoms with E-state index in [1.54, 1.807) is 0 Å². The molecule has 0 radical (unpaired) electrons. The van der Waals surface area contributed by atoms with Gasteiger partial charge in [-0.25, -0.2) is 0 Å². The highest BCUT2D eigenvalue weighted by Gasteiger charge is 2.35. The molecular formula is C17H22N4O4. The molecule has 0 N–H and O–H groups in total. The number of hydrogen-bond donors (Lipinski definition) is 0. The summed E-state index contributed by atoms with van der Waals surface area (Å²) in [7, 11) is 0. The third-order valence-electron chi connectivity index (χ3n) is 4.56. The van der Waals surface area contributed by atoms with Crippen molar-refractivity contribution in [2.75, 3.05) is 13.1 Å². The van der Waals surface area contributed by atoms with Gasteiger partial charge in [0.15, 0.2) is 11.9 Å². The van der Waals surface area contributed by atoms with Crippen LogP contribution in [-0.2, 0) is 16.0 Å². The monoisotopic (exact) mass is 346 g/mol. The summed E-state index contributed by atoms with van der Waals surface area (Å²) in [6, 6.07) is 1.86. The van der Waals surface area contributed by atoms with Crippen LogP contribution >= 0.6 is 0 Å². The van der Waals surface area contributed by atoms with Gasteiger partial charge in [0.1, 0.15) is 5.76 Å². The van der Waals surface area contributed by atoms with E-state index in [2.05, 4.69) is 15.3 Å². The number of carbonyl (C=O) groups is 1. The molecule has 1 saturated carbocycles. The van der Waals surface area contributed by atoms with Gasteiger partial charge >= 0.3 is 0 Å². The predicted octanol–water partition coefficient (Wildman–Crippen LogP) is 2.16. The quantitative estimate of drug-likeness (QED) is 0.818. The first-order valence-corrected chi connectivity index (χ1v) is 8.77. The zero-order chi connectivity index (χ0) is 17.4. The minimum Gasteiger partial charge on any atom is -0.362 e. The van der Waals surface area contributed by atoms with Crippen LogP contribution in [-0.4, -0.2) is 45.3 Å². The normalized spacial score (nSPS) is 23.8. The van der Waals surface area contributed by atoms with Crippen LogP contribution in [0.2, 0.25) is 0 Å². The van der Waals surface area contributed by atoms with Crippen LogP contribution in [0.1, 0.15) is 61.4 Å². The second-order valence-electron chi connectivity index (χ2n) is 6.93. The van der Waals surface area contributed by atoms with E-state index < -0.39 is 0 Å². The molecule has 4 rings (SSSR count). The molecule has 2 aromatic rings. The smallest absolute Gasteiger partial charge is 0.257 e. The molecule has 8 nitrogen and oxygen atoms in total. The van der Waals surface area contributed by atoms with Crippen molar-refractivity contribution in [3.63, 3.8) is 0 Å². The Morgan fingerprint density at radius 2 is 2.12 bits per heavy atom. The average molecular weight is 346 g/mol. The Kier molecular flexibility index (Phi) is 4.29. The van der Waals surface area contributed by atoms with E-state index in [9.17, 15) is 4.79 Å². The number of rotatable bonds is 5. The molecular weight excluding hydrogens is 324 g/mol. The summed E-state index contributed by atoms with van der Waals surface area (Å²) in [5, 5.41) is 7.97. The van der Waals surface area contributed by atoms with Gasteiger partial charge in [-0.05, 0) is 26.7 Å². The third kappa shape index (κ3) is 3.73. The van der Waals surface area contributed by atoms with Gasteiger partial charge < -0.3 is 18.7 Å². The number of morpholine rings is 1. The summed E-state index contributed by atoms with van der Waals surface area (Å²) < 4.78 is 16.3. The lowest BCUT2D eigenvalue weighted by Gasteiger charge is -2.35. The first kappa shape index (κ1) is 16.3. The van der Waals surface area contributed by atoms with E-state index in [1.165, 1.54) is 0 Å². The van der Waals surface area contributed by atoms with E-state index in [1.807, 2.05) is 24.8 Å². The van der Waals surface area contributed by atoms with Gasteiger partial charge in [0, 0.05) is 31.4 Å². The van der Waals surface area contributed by atoms with Gasteiger partial charge in [0.05, 0.1) is 18.3 Å². The predicted molar refractivity (Wildman–Crippen MR) is 85.7 cm³/mol. The fourth-order valence-corrected chi connectivity index (χ4v) is 3.11. The number of aromatic nitrogens is 3. The van der Waals surface area contributed by atoms with E-state index in [0.717, 1.165) is 30.1 Å². The molecule has 0 aromatic carbocycles. The first-order chi connectivity index (χ1) is 12.1. The van der Waals surface area contributed by atoms with Crippen molar-refractivity contribution in [1.82, 2.24) is 20.2 Å². The molecule has 1 amide bonds. The van der Waals surface area contributed by atoms with Crippen LogP contribution in [0.5, 0.6) is 0 Å². The third-order valence-corrected chi connectivity index (χ3v) is 4.56. The van der Waals surface area contributed by atoms with Crippen molar-refractivity contribution in [2.24, 2.45) is 0 Å². The maximum absolute atomic E-state index is 12.6. The summed E-state index contributed by atoms with van der Waals surface area (Å²) >= 11 is 0. The van der Waals surface area contributed by atoms with Gasteiger partial charge in [-0.3, -0.25) is 4.79 Å². The lowest BCUT2D eigenvalue weighted by Crippen LogP contribution is -2.46. The van der Waals surface area contributed by atoms with Crippen LogP contribution in [0.3, 0.4) is 0 Å². The molecule has 8 heteroatoms. The molecule has 25 heavy (non-hydrogen) atoms. The highest BCUT2D eigenvalue weighted by atomic mass is 16.5. The molecule has 2 atom stereocenters. The Morgan fingerprint density at radius 3 is 2.84 bits per heavy atom. The van der Waals surface area contributed by atoms with Gasteiger partial charge in [-0.15, -0.1) is 0 Å². The van der Waals surface area contributed by atoms with E-state index in [-0.39, 0.29) is 18.1 Å². The minimum atomic E-state index is -0.359. The Labute approximate surface area is 145 Å². The van der Waals surface area contributed by atoms with Crippen molar-refractivity contribution in [1.29, 1.82) is 0 Å². The number of ether oxygens (including phenoxy) is 1. The SMILES string of the molecule is Cc1cc(CCC(=O)N2C[C@@H](C)O[C@@H](c3nc(C4CC4)no3)C2)no1.